The number of carbonyl (C=O) groups is 1. The number of fused-ring (bicyclic) bond motifs is 1. The van der Waals surface area contributed by atoms with Gasteiger partial charge in [0.2, 0.25) is 0 Å². The summed E-state index contributed by atoms with van der Waals surface area (Å²) in [6.07, 6.45) is 0. The first kappa shape index (κ1) is 16.8. The van der Waals surface area contributed by atoms with E-state index in [0.717, 1.165) is 22.4 Å². The molecule has 4 aromatic rings. The fraction of sp³-hybridized carbons (Fsp3) is 0.0909. The monoisotopic (exact) mass is 357 g/mol. The SMILES string of the molecule is COc1cccc(NC(=O)c2ccc(-c3nc4ccc(C)cc4[nH]3)cc2)c1. The van der Waals surface area contributed by atoms with Crippen molar-refractivity contribution in [2.24, 2.45) is 0 Å². The van der Waals surface area contributed by atoms with Gasteiger partial charge in [-0.25, -0.2) is 4.98 Å². The number of benzene rings is 3. The zero-order valence-corrected chi connectivity index (χ0v) is 15.1. The largest absolute Gasteiger partial charge is 0.497 e. The lowest BCUT2D eigenvalue weighted by molar-refractivity contribution is 0.102. The summed E-state index contributed by atoms with van der Waals surface area (Å²) in [5.41, 5.74) is 5.31. The van der Waals surface area contributed by atoms with Crippen LogP contribution in [0.4, 0.5) is 5.69 Å². The number of hydrogen-bond donors (Lipinski definition) is 2. The molecule has 1 aromatic heterocycles. The number of rotatable bonds is 4. The zero-order valence-electron chi connectivity index (χ0n) is 15.1. The van der Waals surface area contributed by atoms with E-state index in [1.807, 2.05) is 42.5 Å². The number of imidazole rings is 1. The number of hydrogen-bond acceptors (Lipinski definition) is 3. The van der Waals surface area contributed by atoms with Crippen molar-refractivity contribution in [2.75, 3.05) is 12.4 Å². The van der Waals surface area contributed by atoms with E-state index < -0.39 is 0 Å². The van der Waals surface area contributed by atoms with Crippen molar-refractivity contribution in [3.05, 3.63) is 77.9 Å². The predicted octanol–water partition coefficient (Wildman–Crippen LogP) is 4.80. The minimum absolute atomic E-state index is 0.171. The number of carbonyl (C=O) groups excluding carboxylic acids is 1. The van der Waals surface area contributed by atoms with Crippen molar-refractivity contribution in [1.82, 2.24) is 9.97 Å². The average molecular weight is 357 g/mol. The van der Waals surface area contributed by atoms with Crippen LogP contribution in [0.1, 0.15) is 15.9 Å². The minimum atomic E-state index is -0.171. The Hall–Kier alpha value is -3.60. The second kappa shape index (κ2) is 6.96. The second-order valence-electron chi connectivity index (χ2n) is 6.37. The summed E-state index contributed by atoms with van der Waals surface area (Å²) >= 11 is 0. The Morgan fingerprint density at radius 3 is 2.63 bits per heavy atom. The van der Waals surface area contributed by atoms with Crippen LogP contribution in [0.15, 0.2) is 66.7 Å². The molecule has 5 heteroatoms. The number of amides is 1. The van der Waals surface area contributed by atoms with Crippen LogP contribution in [0, 0.1) is 6.92 Å². The van der Waals surface area contributed by atoms with Gasteiger partial charge >= 0.3 is 0 Å². The van der Waals surface area contributed by atoms with E-state index in [9.17, 15) is 4.79 Å². The first-order valence-corrected chi connectivity index (χ1v) is 8.64. The molecule has 1 heterocycles. The number of aryl methyl sites for hydroxylation is 1. The normalized spacial score (nSPS) is 10.7. The lowest BCUT2D eigenvalue weighted by Gasteiger charge is -2.07. The average Bonchev–Trinajstić information content (AvgIpc) is 3.11. The lowest BCUT2D eigenvalue weighted by Crippen LogP contribution is -2.11. The lowest BCUT2D eigenvalue weighted by atomic mass is 10.1. The molecule has 0 aliphatic heterocycles. The molecule has 3 aromatic carbocycles. The van der Waals surface area contributed by atoms with Crippen molar-refractivity contribution in [3.63, 3.8) is 0 Å². The summed E-state index contributed by atoms with van der Waals surface area (Å²) in [5, 5.41) is 2.88. The van der Waals surface area contributed by atoms with Crippen molar-refractivity contribution in [1.29, 1.82) is 0 Å². The number of aromatic nitrogens is 2. The summed E-state index contributed by atoms with van der Waals surface area (Å²) in [5.74, 6) is 1.31. The molecule has 27 heavy (non-hydrogen) atoms. The van der Waals surface area contributed by atoms with Crippen LogP contribution in [-0.4, -0.2) is 23.0 Å². The highest BCUT2D eigenvalue weighted by Gasteiger charge is 2.09. The van der Waals surface area contributed by atoms with E-state index in [4.69, 9.17) is 4.74 Å². The van der Waals surface area contributed by atoms with Gasteiger partial charge in [0.05, 0.1) is 18.1 Å². The maximum atomic E-state index is 12.5. The number of nitrogens with zero attached hydrogens (tertiary/aromatic N) is 1. The smallest absolute Gasteiger partial charge is 0.255 e. The van der Waals surface area contributed by atoms with Gasteiger partial charge in [-0.2, -0.15) is 0 Å². The summed E-state index contributed by atoms with van der Waals surface area (Å²) in [6, 6.07) is 20.8. The number of nitrogens with one attached hydrogen (secondary N) is 2. The third-order valence-electron chi connectivity index (χ3n) is 4.39. The van der Waals surface area contributed by atoms with Gasteiger partial charge in [-0.3, -0.25) is 4.79 Å². The molecule has 2 N–H and O–H groups in total. The van der Waals surface area contributed by atoms with Gasteiger partial charge in [-0.05, 0) is 48.9 Å². The molecule has 0 aliphatic rings. The van der Waals surface area contributed by atoms with Crippen molar-refractivity contribution in [3.8, 4) is 17.1 Å². The Labute approximate surface area is 157 Å². The molecule has 0 saturated heterocycles. The Morgan fingerprint density at radius 1 is 1.04 bits per heavy atom. The van der Waals surface area contributed by atoms with Gasteiger partial charge < -0.3 is 15.0 Å². The fourth-order valence-electron chi connectivity index (χ4n) is 2.94. The zero-order chi connectivity index (χ0) is 18.8. The van der Waals surface area contributed by atoms with Gasteiger partial charge in [0, 0.05) is 22.9 Å². The summed E-state index contributed by atoms with van der Waals surface area (Å²) in [6.45, 7) is 2.05. The van der Waals surface area contributed by atoms with Gasteiger partial charge in [0.1, 0.15) is 11.6 Å². The van der Waals surface area contributed by atoms with Gasteiger partial charge in [0.25, 0.3) is 5.91 Å². The van der Waals surface area contributed by atoms with Crippen LogP contribution < -0.4 is 10.1 Å². The van der Waals surface area contributed by atoms with Crippen molar-refractivity contribution in [2.45, 2.75) is 6.92 Å². The van der Waals surface area contributed by atoms with Crippen LogP contribution in [-0.2, 0) is 0 Å². The van der Waals surface area contributed by atoms with E-state index in [-0.39, 0.29) is 5.91 Å². The van der Waals surface area contributed by atoms with Crippen LogP contribution in [0.25, 0.3) is 22.4 Å². The molecule has 0 aliphatic carbocycles. The summed E-state index contributed by atoms with van der Waals surface area (Å²) < 4.78 is 5.18. The highest BCUT2D eigenvalue weighted by molar-refractivity contribution is 6.04. The first-order valence-electron chi connectivity index (χ1n) is 8.64. The van der Waals surface area contributed by atoms with E-state index in [0.29, 0.717) is 17.0 Å². The van der Waals surface area contributed by atoms with Crippen LogP contribution in [0.3, 0.4) is 0 Å². The second-order valence-corrected chi connectivity index (χ2v) is 6.37. The topological polar surface area (TPSA) is 67.0 Å². The summed E-state index contributed by atoms with van der Waals surface area (Å²) in [4.78, 5) is 20.4. The minimum Gasteiger partial charge on any atom is -0.497 e. The van der Waals surface area contributed by atoms with Crippen molar-refractivity contribution < 1.29 is 9.53 Å². The van der Waals surface area contributed by atoms with E-state index in [2.05, 4.69) is 28.3 Å². The molecule has 0 saturated carbocycles. The third kappa shape index (κ3) is 3.53. The standard InChI is InChI=1S/C22H19N3O2/c1-14-6-11-19-20(12-14)25-21(24-19)15-7-9-16(10-8-15)22(26)23-17-4-3-5-18(13-17)27-2/h3-13H,1-2H3,(H,23,26)(H,24,25). The number of anilines is 1. The predicted molar refractivity (Wildman–Crippen MR) is 107 cm³/mol. The van der Waals surface area contributed by atoms with E-state index in [1.54, 1.807) is 25.3 Å². The van der Waals surface area contributed by atoms with E-state index in [1.165, 1.54) is 5.56 Å². The molecule has 134 valence electrons. The Morgan fingerprint density at radius 2 is 1.85 bits per heavy atom. The molecule has 0 fully saturated rings. The first-order chi connectivity index (χ1) is 13.1. The van der Waals surface area contributed by atoms with Gasteiger partial charge in [-0.15, -0.1) is 0 Å². The number of aromatic amines is 1. The molecular weight excluding hydrogens is 338 g/mol. The molecule has 5 nitrogen and oxygen atoms in total. The maximum absolute atomic E-state index is 12.5. The quantitative estimate of drug-likeness (QED) is 0.551. The van der Waals surface area contributed by atoms with Crippen LogP contribution >= 0.6 is 0 Å². The molecule has 0 spiro atoms. The molecular formula is C22H19N3O2. The molecule has 0 unspecified atom stereocenters. The third-order valence-corrected chi connectivity index (χ3v) is 4.39. The highest BCUT2D eigenvalue weighted by Crippen LogP contribution is 2.22. The van der Waals surface area contributed by atoms with Gasteiger partial charge in [-0.1, -0.05) is 24.3 Å². The Balaban J connectivity index is 1.54. The molecule has 4 rings (SSSR count). The number of ether oxygens (including phenoxy) is 1. The maximum Gasteiger partial charge on any atom is 0.255 e. The van der Waals surface area contributed by atoms with Gasteiger partial charge in [0.15, 0.2) is 0 Å². The van der Waals surface area contributed by atoms with Crippen LogP contribution in [0.5, 0.6) is 5.75 Å². The number of methoxy groups -OCH3 is 1. The fourth-order valence-corrected chi connectivity index (χ4v) is 2.94. The molecule has 0 bridgehead atoms. The van der Waals surface area contributed by atoms with E-state index >= 15 is 0 Å². The molecule has 0 radical (unpaired) electrons. The van der Waals surface area contributed by atoms with Crippen molar-refractivity contribution >= 4 is 22.6 Å². The number of H-pyrrole nitrogens is 1. The van der Waals surface area contributed by atoms with Crippen LogP contribution in [0.2, 0.25) is 0 Å². The molecule has 1 amide bonds. The highest BCUT2D eigenvalue weighted by atomic mass is 16.5. The molecule has 0 atom stereocenters. The Kier molecular flexibility index (Phi) is 4.34. The summed E-state index contributed by atoms with van der Waals surface area (Å²) in [7, 11) is 1.60. The Bertz CT molecular complexity index is 1110.